The molecule has 3 amide bonds. The Balaban J connectivity index is 1.90. The Hall–Kier alpha value is -3.62. The fourth-order valence-corrected chi connectivity index (χ4v) is 3.23. The lowest BCUT2D eigenvalue weighted by atomic mass is 10.0. The highest BCUT2D eigenvalue weighted by Gasteiger charge is 2.24. The summed E-state index contributed by atoms with van der Waals surface area (Å²) in [6.07, 6.45) is -1.59. The van der Waals surface area contributed by atoms with Gasteiger partial charge < -0.3 is 25.8 Å². The first-order valence-corrected chi connectivity index (χ1v) is 10.7. The van der Waals surface area contributed by atoms with Gasteiger partial charge in [-0.1, -0.05) is 42.5 Å². The number of carbonyl (C=O) groups is 4. The van der Waals surface area contributed by atoms with Crippen molar-refractivity contribution >= 4 is 34.6 Å². The third kappa shape index (κ3) is 8.80. The Kier molecular flexibility index (Phi) is 8.78. The zero-order valence-corrected chi connectivity index (χ0v) is 19.3. The Morgan fingerprint density at radius 3 is 2.30 bits per heavy atom. The summed E-state index contributed by atoms with van der Waals surface area (Å²) in [5.41, 5.74) is 0.180. The molecule has 9 heteroatoms. The summed E-state index contributed by atoms with van der Waals surface area (Å²) in [6.45, 7) is 6.84. The second kappa shape index (κ2) is 11.3. The Morgan fingerprint density at radius 2 is 1.64 bits per heavy atom. The van der Waals surface area contributed by atoms with Gasteiger partial charge in [-0.25, -0.2) is 4.79 Å². The lowest BCUT2D eigenvalue weighted by molar-refractivity contribution is -0.137. The molecule has 178 valence electrons. The van der Waals surface area contributed by atoms with Crippen LogP contribution in [0.25, 0.3) is 10.8 Å². The summed E-state index contributed by atoms with van der Waals surface area (Å²) >= 11 is 0. The minimum Gasteiger partial charge on any atom is -0.481 e. The number of ether oxygens (including phenoxy) is 1. The molecular weight excluding hydrogens is 426 g/mol. The van der Waals surface area contributed by atoms with Gasteiger partial charge in [-0.15, -0.1) is 0 Å². The predicted octanol–water partition coefficient (Wildman–Crippen LogP) is 2.72. The minimum atomic E-state index is -1.18. The fraction of sp³-hybridized carbons (Fsp3) is 0.417. The summed E-state index contributed by atoms with van der Waals surface area (Å²) in [5, 5.41) is 18.9. The molecule has 2 aromatic rings. The van der Waals surface area contributed by atoms with Crippen molar-refractivity contribution in [3.05, 3.63) is 48.0 Å². The van der Waals surface area contributed by atoms with E-state index in [0.29, 0.717) is 6.54 Å². The number of aliphatic carboxylic acids is 1. The van der Waals surface area contributed by atoms with E-state index in [2.05, 4.69) is 16.0 Å². The molecule has 4 N–H and O–H groups in total. The highest BCUT2D eigenvalue weighted by molar-refractivity contribution is 5.89. The molecule has 0 bridgehead atoms. The lowest BCUT2D eigenvalue weighted by Crippen LogP contribution is -2.47. The summed E-state index contributed by atoms with van der Waals surface area (Å²) < 4.78 is 5.12. The fourth-order valence-electron chi connectivity index (χ4n) is 3.23. The first kappa shape index (κ1) is 25.6. The van der Waals surface area contributed by atoms with Crippen LogP contribution in [0.15, 0.2) is 42.5 Å². The molecule has 0 radical (unpaired) electrons. The zero-order chi connectivity index (χ0) is 24.6. The SMILES string of the molecule is C[C@H](NC(=O)C[C@H](CC(=O)O)NC(=O)OC(C)(C)C)C(=O)NCc1cccc2ccccc12. The normalized spacial score (nSPS) is 13.0. The third-order valence-electron chi connectivity index (χ3n) is 4.68. The van der Waals surface area contributed by atoms with Crippen LogP contribution < -0.4 is 16.0 Å². The van der Waals surface area contributed by atoms with Crippen molar-refractivity contribution in [2.24, 2.45) is 0 Å². The van der Waals surface area contributed by atoms with Crippen molar-refractivity contribution in [2.45, 2.75) is 64.8 Å². The van der Waals surface area contributed by atoms with E-state index in [1.807, 2.05) is 42.5 Å². The van der Waals surface area contributed by atoms with Crippen LogP contribution >= 0.6 is 0 Å². The molecule has 33 heavy (non-hydrogen) atoms. The van der Waals surface area contributed by atoms with Crippen LogP contribution in [-0.4, -0.2) is 46.7 Å². The number of carboxylic acid groups (broad SMARTS) is 1. The van der Waals surface area contributed by atoms with Crippen molar-refractivity contribution in [3.8, 4) is 0 Å². The van der Waals surface area contributed by atoms with E-state index in [0.717, 1.165) is 16.3 Å². The van der Waals surface area contributed by atoms with E-state index in [1.54, 1.807) is 20.8 Å². The van der Waals surface area contributed by atoms with Crippen molar-refractivity contribution in [2.75, 3.05) is 0 Å². The summed E-state index contributed by atoms with van der Waals surface area (Å²) in [5.74, 6) is -2.12. The molecule has 0 aliphatic heterocycles. The molecule has 9 nitrogen and oxygen atoms in total. The van der Waals surface area contributed by atoms with E-state index in [4.69, 9.17) is 9.84 Å². The van der Waals surface area contributed by atoms with Gasteiger partial charge in [0.05, 0.1) is 12.5 Å². The van der Waals surface area contributed by atoms with Gasteiger partial charge in [-0.05, 0) is 44.0 Å². The van der Waals surface area contributed by atoms with Crippen LogP contribution in [-0.2, 0) is 25.7 Å². The van der Waals surface area contributed by atoms with Gasteiger partial charge in [0, 0.05) is 13.0 Å². The van der Waals surface area contributed by atoms with Gasteiger partial charge in [-0.2, -0.15) is 0 Å². The van der Waals surface area contributed by atoms with E-state index in [9.17, 15) is 19.2 Å². The van der Waals surface area contributed by atoms with Gasteiger partial charge in [0.2, 0.25) is 11.8 Å². The molecule has 0 aliphatic rings. The number of amides is 3. The molecule has 2 rings (SSSR count). The minimum absolute atomic E-state index is 0.294. The Labute approximate surface area is 192 Å². The van der Waals surface area contributed by atoms with Gasteiger partial charge in [-0.3, -0.25) is 14.4 Å². The molecule has 0 heterocycles. The van der Waals surface area contributed by atoms with E-state index in [1.165, 1.54) is 6.92 Å². The van der Waals surface area contributed by atoms with Crippen LogP contribution in [0.4, 0.5) is 4.79 Å². The number of rotatable bonds is 9. The number of fused-ring (bicyclic) bond motifs is 1. The zero-order valence-electron chi connectivity index (χ0n) is 19.3. The van der Waals surface area contributed by atoms with Gasteiger partial charge in [0.1, 0.15) is 11.6 Å². The maximum atomic E-state index is 12.5. The Bertz CT molecular complexity index is 1010. The maximum Gasteiger partial charge on any atom is 0.407 e. The number of hydrogen-bond acceptors (Lipinski definition) is 5. The van der Waals surface area contributed by atoms with Gasteiger partial charge >= 0.3 is 12.1 Å². The average Bonchev–Trinajstić information content (AvgIpc) is 2.69. The first-order valence-electron chi connectivity index (χ1n) is 10.7. The van der Waals surface area contributed by atoms with Crippen LogP contribution in [0.5, 0.6) is 0 Å². The second-order valence-corrected chi connectivity index (χ2v) is 8.79. The molecule has 0 aliphatic carbocycles. The smallest absolute Gasteiger partial charge is 0.407 e. The average molecular weight is 458 g/mol. The summed E-state index contributed by atoms with van der Waals surface area (Å²) in [4.78, 5) is 47.9. The van der Waals surface area contributed by atoms with Gasteiger partial charge in [0.15, 0.2) is 0 Å². The van der Waals surface area contributed by atoms with E-state index >= 15 is 0 Å². The molecule has 0 saturated heterocycles. The largest absolute Gasteiger partial charge is 0.481 e. The second-order valence-electron chi connectivity index (χ2n) is 8.79. The lowest BCUT2D eigenvalue weighted by Gasteiger charge is -2.23. The number of benzene rings is 2. The number of hydrogen-bond donors (Lipinski definition) is 4. The molecule has 0 aromatic heterocycles. The van der Waals surface area contributed by atoms with Crippen molar-refractivity contribution in [1.29, 1.82) is 0 Å². The van der Waals surface area contributed by atoms with Crippen molar-refractivity contribution in [3.63, 3.8) is 0 Å². The molecule has 0 saturated carbocycles. The summed E-state index contributed by atoms with van der Waals surface area (Å²) in [6, 6.07) is 11.8. The first-order chi connectivity index (χ1) is 15.4. The molecule has 2 atom stereocenters. The highest BCUT2D eigenvalue weighted by Crippen LogP contribution is 2.18. The standard InChI is InChI=1S/C24H31N3O6/c1-15(22(31)25-14-17-10-7-9-16-8-5-6-11-19(16)17)26-20(28)12-18(13-21(29)30)27-23(32)33-24(2,3)4/h5-11,15,18H,12-14H2,1-4H3,(H,25,31)(H,26,28)(H,27,32)(H,29,30)/t15-,18+/m0/s1. The highest BCUT2D eigenvalue weighted by atomic mass is 16.6. The molecule has 0 spiro atoms. The van der Waals surface area contributed by atoms with E-state index < -0.39 is 42.1 Å². The number of nitrogens with one attached hydrogen (secondary N) is 3. The maximum absolute atomic E-state index is 12.5. The van der Waals surface area contributed by atoms with E-state index in [-0.39, 0.29) is 12.3 Å². The van der Waals surface area contributed by atoms with Crippen LogP contribution in [0.1, 0.15) is 46.1 Å². The molecule has 2 aromatic carbocycles. The van der Waals surface area contributed by atoms with Crippen LogP contribution in [0.2, 0.25) is 0 Å². The van der Waals surface area contributed by atoms with Gasteiger partial charge in [0.25, 0.3) is 0 Å². The van der Waals surface area contributed by atoms with Crippen molar-refractivity contribution < 1.29 is 29.0 Å². The van der Waals surface area contributed by atoms with Crippen molar-refractivity contribution in [1.82, 2.24) is 16.0 Å². The monoisotopic (exact) mass is 457 g/mol. The number of carboxylic acids is 1. The predicted molar refractivity (Wildman–Crippen MR) is 123 cm³/mol. The molecule has 0 fully saturated rings. The van der Waals surface area contributed by atoms with Crippen LogP contribution in [0, 0.1) is 0 Å². The number of alkyl carbamates (subject to hydrolysis) is 1. The third-order valence-corrected chi connectivity index (χ3v) is 4.68. The summed E-state index contributed by atoms with van der Waals surface area (Å²) in [7, 11) is 0. The quantitative estimate of drug-likeness (QED) is 0.457. The Morgan fingerprint density at radius 1 is 0.970 bits per heavy atom. The topological polar surface area (TPSA) is 134 Å². The van der Waals surface area contributed by atoms with Crippen LogP contribution in [0.3, 0.4) is 0 Å². The molecule has 0 unspecified atom stereocenters. The molecular formula is C24H31N3O6. The number of carbonyl (C=O) groups excluding carboxylic acids is 3.